The maximum absolute atomic E-state index is 14.0. The average molecular weight is 545 g/mol. The van der Waals surface area contributed by atoms with Gasteiger partial charge in [-0.3, -0.25) is 9.69 Å². The number of aromatic nitrogens is 2. The molecule has 2 N–H and O–H groups in total. The highest BCUT2D eigenvalue weighted by atomic mass is 16.5. The minimum Gasteiger partial charge on any atom is -0.507 e. The second-order valence-electron chi connectivity index (χ2n) is 11.8. The number of nitrogens with zero attached hydrogens (tertiary/aromatic N) is 3. The maximum Gasteiger partial charge on any atom is 0.341 e. The van der Waals surface area contributed by atoms with Gasteiger partial charge >= 0.3 is 5.97 Å². The van der Waals surface area contributed by atoms with E-state index in [0.29, 0.717) is 23.9 Å². The van der Waals surface area contributed by atoms with Crippen LogP contribution in [0.5, 0.6) is 5.75 Å². The SMILES string of the molecule is COC(=O)c1cc(CNc2nc3ccccc3n(C3CC4CCC(C3)N4C3CCCCCCC3)c2=O)ccc1O. The zero-order valence-electron chi connectivity index (χ0n) is 23.3. The van der Waals surface area contributed by atoms with Crippen molar-refractivity contribution in [3.8, 4) is 5.75 Å². The Labute approximate surface area is 235 Å². The van der Waals surface area contributed by atoms with Gasteiger partial charge in [-0.15, -0.1) is 0 Å². The summed E-state index contributed by atoms with van der Waals surface area (Å²) in [6.45, 7) is 0.288. The van der Waals surface area contributed by atoms with Gasteiger partial charge in [0.15, 0.2) is 5.82 Å². The van der Waals surface area contributed by atoms with E-state index >= 15 is 0 Å². The Morgan fingerprint density at radius 2 is 1.65 bits per heavy atom. The molecule has 2 bridgehead atoms. The maximum atomic E-state index is 14.0. The molecule has 3 fully saturated rings. The molecule has 1 aliphatic carbocycles. The number of phenolic OH excluding ortho intramolecular Hbond substituents is 1. The highest BCUT2D eigenvalue weighted by Crippen LogP contribution is 2.44. The van der Waals surface area contributed by atoms with Crippen molar-refractivity contribution >= 4 is 22.8 Å². The van der Waals surface area contributed by atoms with Crippen LogP contribution in [-0.2, 0) is 11.3 Å². The number of rotatable bonds is 6. The number of ether oxygens (including phenoxy) is 1. The van der Waals surface area contributed by atoms with Crippen LogP contribution in [0, 0.1) is 0 Å². The summed E-state index contributed by atoms with van der Waals surface area (Å²) in [6, 6.07) is 14.6. The van der Waals surface area contributed by atoms with Gasteiger partial charge in [0.1, 0.15) is 11.3 Å². The lowest BCUT2D eigenvalue weighted by molar-refractivity contribution is 0.0498. The predicted octanol–water partition coefficient (Wildman–Crippen LogP) is 5.78. The summed E-state index contributed by atoms with van der Waals surface area (Å²) < 4.78 is 6.78. The zero-order chi connectivity index (χ0) is 27.6. The first kappa shape index (κ1) is 26.8. The number of piperidine rings is 1. The monoisotopic (exact) mass is 544 g/mol. The second kappa shape index (κ2) is 11.6. The molecule has 0 amide bonds. The summed E-state index contributed by atoms with van der Waals surface area (Å²) in [6.07, 6.45) is 13.9. The zero-order valence-corrected chi connectivity index (χ0v) is 23.3. The molecular formula is C32H40N4O4. The first-order chi connectivity index (χ1) is 19.5. The fourth-order valence-corrected chi connectivity index (χ4v) is 7.51. The number of methoxy groups -OCH3 is 1. The molecule has 0 radical (unpaired) electrons. The molecule has 1 aromatic heterocycles. The molecule has 2 aliphatic heterocycles. The fourth-order valence-electron chi connectivity index (χ4n) is 7.51. The molecule has 3 aromatic rings. The van der Waals surface area contributed by atoms with E-state index in [2.05, 4.69) is 10.2 Å². The number of phenols is 1. The molecule has 1 saturated carbocycles. The van der Waals surface area contributed by atoms with E-state index in [-0.39, 0.29) is 29.5 Å². The number of benzene rings is 2. The number of hydrogen-bond acceptors (Lipinski definition) is 7. The third kappa shape index (κ3) is 5.21. The van der Waals surface area contributed by atoms with Gasteiger partial charge in [0, 0.05) is 30.7 Å². The van der Waals surface area contributed by atoms with Gasteiger partial charge < -0.3 is 19.7 Å². The van der Waals surface area contributed by atoms with Crippen molar-refractivity contribution in [2.75, 3.05) is 12.4 Å². The number of carbonyl (C=O) groups is 1. The first-order valence-electron chi connectivity index (χ1n) is 15.0. The number of anilines is 1. The largest absolute Gasteiger partial charge is 0.507 e. The normalized spacial score (nSPS) is 24.0. The van der Waals surface area contributed by atoms with E-state index in [1.54, 1.807) is 12.1 Å². The van der Waals surface area contributed by atoms with Crippen LogP contribution < -0.4 is 10.9 Å². The Bertz CT molecular complexity index is 1410. The summed E-state index contributed by atoms with van der Waals surface area (Å²) in [5.74, 6) is -0.436. The van der Waals surface area contributed by atoms with E-state index in [0.717, 1.165) is 29.4 Å². The number of aromatic hydroxyl groups is 1. The van der Waals surface area contributed by atoms with Gasteiger partial charge in [-0.2, -0.15) is 0 Å². The van der Waals surface area contributed by atoms with Crippen molar-refractivity contribution < 1.29 is 14.6 Å². The van der Waals surface area contributed by atoms with Gasteiger partial charge in [0.2, 0.25) is 0 Å². The molecule has 212 valence electrons. The lowest BCUT2D eigenvalue weighted by Gasteiger charge is -2.45. The molecule has 3 aliphatic rings. The number of nitrogens with one attached hydrogen (secondary N) is 1. The van der Waals surface area contributed by atoms with Crippen LogP contribution in [-0.4, -0.2) is 50.8 Å². The molecule has 40 heavy (non-hydrogen) atoms. The molecule has 2 atom stereocenters. The number of para-hydroxylation sites is 2. The summed E-state index contributed by atoms with van der Waals surface area (Å²) in [5.41, 5.74) is 2.41. The summed E-state index contributed by atoms with van der Waals surface area (Å²) in [7, 11) is 1.28. The molecule has 2 saturated heterocycles. The lowest BCUT2D eigenvalue weighted by atomic mass is 9.89. The predicted molar refractivity (Wildman–Crippen MR) is 156 cm³/mol. The highest BCUT2D eigenvalue weighted by molar-refractivity contribution is 5.92. The molecule has 2 aromatic carbocycles. The lowest BCUT2D eigenvalue weighted by Crippen LogP contribution is -2.50. The van der Waals surface area contributed by atoms with E-state index in [4.69, 9.17) is 9.72 Å². The van der Waals surface area contributed by atoms with Gasteiger partial charge in [-0.05, 0) is 68.4 Å². The summed E-state index contributed by atoms with van der Waals surface area (Å²) in [4.78, 5) is 33.6. The van der Waals surface area contributed by atoms with Gasteiger partial charge in [-0.1, -0.05) is 50.3 Å². The van der Waals surface area contributed by atoms with Crippen molar-refractivity contribution in [3.63, 3.8) is 0 Å². The third-order valence-electron chi connectivity index (χ3n) is 9.35. The highest BCUT2D eigenvalue weighted by Gasteiger charge is 2.44. The number of carbonyl (C=O) groups excluding carboxylic acids is 1. The average Bonchev–Trinajstić information content (AvgIpc) is 3.20. The van der Waals surface area contributed by atoms with Crippen LogP contribution in [0.3, 0.4) is 0 Å². The summed E-state index contributed by atoms with van der Waals surface area (Å²) in [5, 5.41) is 13.3. The number of fused-ring (bicyclic) bond motifs is 3. The van der Waals surface area contributed by atoms with Crippen LogP contribution in [0.15, 0.2) is 47.3 Å². The quantitative estimate of drug-likeness (QED) is 0.380. The number of esters is 1. The minimum atomic E-state index is -0.606. The van der Waals surface area contributed by atoms with Crippen LogP contribution in [0.1, 0.15) is 92.6 Å². The molecule has 8 nitrogen and oxygen atoms in total. The Hall–Kier alpha value is -3.39. The molecule has 0 spiro atoms. The Kier molecular flexibility index (Phi) is 7.78. The molecule has 6 rings (SSSR count). The van der Waals surface area contributed by atoms with E-state index in [9.17, 15) is 14.7 Å². The van der Waals surface area contributed by atoms with E-state index in [1.807, 2.05) is 28.8 Å². The fraction of sp³-hybridized carbons (Fsp3) is 0.531. The van der Waals surface area contributed by atoms with Gasteiger partial charge in [-0.25, -0.2) is 9.78 Å². The van der Waals surface area contributed by atoms with Crippen molar-refractivity contribution in [1.29, 1.82) is 0 Å². The molecule has 3 heterocycles. The van der Waals surface area contributed by atoms with Gasteiger partial charge in [0.25, 0.3) is 5.56 Å². The topological polar surface area (TPSA) is 96.7 Å². The number of hydrogen-bond donors (Lipinski definition) is 2. The molecule has 8 heteroatoms. The van der Waals surface area contributed by atoms with E-state index in [1.165, 1.54) is 71.0 Å². The Balaban J connectivity index is 1.27. The standard InChI is InChI=1S/C32H40N4O4/c1-40-32(39)26-17-21(13-16-29(26)37)20-33-30-31(38)36(28-12-8-7-11-27(28)34-30)25-18-23-14-15-24(19-25)35(23)22-9-5-3-2-4-6-10-22/h7-8,11-13,16-17,22-25,37H,2-6,9-10,14-15,18-20H2,1H3,(H,33,34). The minimum absolute atomic E-state index is 0.0946. The van der Waals surface area contributed by atoms with Crippen LogP contribution in [0.25, 0.3) is 11.0 Å². The Morgan fingerprint density at radius 3 is 2.38 bits per heavy atom. The van der Waals surface area contributed by atoms with Crippen molar-refractivity contribution in [3.05, 3.63) is 63.9 Å². The Morgan fingerprint density at radius 1 is 0.950 bits per heavy atom. The van der Waals surface area contributed by atoms with Crippen molar-refractivity contribution in [2.24, 2.45) is 0 Å². The van der Waals surface area contributed by atoms with Crippen LogP contribution in [0.2, 0.25) is 0 Å². The molecular weight excluding hydrogens is 504 g/mol. The third-order valence-corrected chi connectivity index (χ3v) is 9.35. The van der Waals surface area contributed by atoms with Crippen LogP contribution >= 0.6 is 0 Å². The first-order valence-corrected chi connectivity index (χ1v) is 15.0. The van der Waals surface area contributed by atoms with Crippen molar-refractivity contribution in [1.82, 2.24) is 14.5 Å². The summed E-state index contributed by atoms with van der Waals surface area (Å²) >= 11 is 0. The van der Waals surface area contributed by atoms with E-state index < -0.39 is 5.97 Å². The molecule has 2 unspecified atom stereocenters. The van der Waals surface area contributed by atoms with Gasteiger partial charge in [0.05, 0.1) is 18.1 Å². The van der Waals surface area contributed by atoms with Crippen molar-refractivity contribution in [2.45, 2.75) is 101 Å². The van der Waals surface area contributed by atoms with Crippen LogP contribution in [0.4, 0.5) is 5.82 Å². The second-order valence-corrected chi connectivity index (χ2v) is 11.8. The smallest absolute Gasteiger partial charge is 0.341 e.